The van der Waals surface area contributed by atoms with Gasteiger partial charge in [0.2, 0.25) is 0 Å². The van der Waals surface area contributed by atoms with Crippen molar-refractivity contribution < 1.29 is 21.9 Å². The number of halogens is 1. The number of ether oxygens (including phenoxy) is 2. The minimum atomic E-state index is 0. The van der Waals surface area contributed by atoms with E-state index in [-0.39, 0.29) is 12.4 Å². The largest absolute Gasteiger partial charge is 1.00 e. The number of benzene rings is 2. The Labute approximate surface area is 139 Å². The predicted octanol–water partition coefficient (Wildman–Crippen LogP) is 0.430. The first-order valence-electron chi connectivity index (χ1n) is 7.38. The van der Waals surface area contributed by atoms with Crippen molar-refractivity contribution in [3.63, 3.8) is 0 Å². The van der Waals surface area contributed by atoms with Crippen LogP contribution in [0.4, 0.5) is 0 Å². The van der Waals surface area contributed by atoms with Gasteiger partial charge in [-0.2, -0.15) is 0 Å². The van der Waals surface area contributed by atoms with Crippen LogP contribution >= 0.6 is 0 Å². The fraction of sp³-hybridized carbons (Fsp3) is 0.333. The van der Waals surface area contributed by atoms with E-state index in [2.05, 4.69) is 23.5 Å². The summed E-state index contributed by atoms with van der Waals surface area (Å²) in [4.78, 5) is 0. The zero-order valence-electron chi connectivity index (χ0n) is 13.1. The van der Waals surface area contributed by atoms with Gasteiger partial charge >= 0.3 is 0 Å². The number of hydrogen-bond acceptors (Lipinski definition) is 3. The van der Waals surface area contributed by atoms with Crippen molar-refractivity contribution in [1.82, 2.24) is 5.32 Å². The van der Waals surface area contributed by atoms with E-state index in [1.807, 2.05) is 37.3 Å². The van der Waals surface area contributed by atoms with Gasteiger partial charge in [0, 0.05) is 12.1 Å². The van der Waals surface area contributed by atoms with Gasteiger partial charge in [0.15, 0.2) is 0 Å². The molecule has 2 aromatic carbocycles. The molecule has 2 rings (SSSR count). The van der Waals surface area contributed by atoms with E-state index in [0.717, 1.165) is 31.0 Å². The molecule has 4 heteroatoms. The van der Waals surface area contributed by atoms with E-state index < -0.39 is 0 Å². The molecule has 0 bridgehead atoms. The van der Waals surface area contributed by atoms with Crippen LogP contribution in [0, 0.1) is 0 Å². The highest BCUT2D eigenvalue weighted by Crippen LogP contribution is 2.17. The molecule has 0 saturated heterocycles. The van der Waals surface area contributed by atoms with Crippen LogP contribution in [-0.2, 0) is 13.0 Å². The summed E-state index contributed by atoms with van der Waals surface area (Å²) < 4.78 is 10.8. The summed E-state index contributed by atoms with van der Waals surface area (Å²) in [6, 6.07) is 16.4. The van der Waals surface area contributed by atoms with Crippen molar-refractivity contribution >= 4 is 0 Å². The minimum Gasteiger partial charge on any atom is -1.00 e. The normalized spacial score (nSPS) is 9.91. The van der Waals surface area contributed by atoms with Crippen molar-refractivity contribution in [3.05, 3.63) is 59.7 Å². The zero-order chi connectivity index (χ0) is 14.9. The van der Waals surface area contributed by atoms with Crippen LogP contribution in [0.1, 0.15) is 18.1 Å². The Morgan fingerprint density at radius 1 is 1.00 bits per heavy atom. The molecular formula is C18H23ClNO2-. The van der Waals surface area contributed by atoms with Crippen molar-refractivity contribution in [2.75, 3.05) is 20.3 Å². The molecule has 120 valence electrons. The molecule has 0 aliphatic carbocycles. The SMILES string of the molecule is CCOc1ccccc1CNCCc1ccc(OC)cc1.[Cl-]. The fourth-order valence-corrected chi connectivity index (χ4v) is 2.19. The molecule has 0 fully saturated rings. The molecule has 3 nitrogen and oxygen atoms in total. The van der Waals surface area contributed by atoms with Crippen molar-refractivity contribution in [2.45, 2.75) is 19.9 Å². The van der Waals surface area contributed by atoms with Crippen LogP contribution < -0.4 is 27.2 Å². The molecule has 0 spiro atoms. The summed E-state index contributed by atoms with van der Waals surface area (Å²) in [5.41, 5.74) is 2.51. The zero-order valence-corrected chi connectivity index (χ0v) is 13.9. The molecule has 0 atom stereocenters. The molecule has 0 unspecified atom stereocenters. The maximum Gasteiger partial charge on any atom is 0.123 e. The lowest BCUT2D eigenvalue weighted by Crippen LogP contribution is -3.00. The maximum absolute atomic E-state index is 5.62. The van der Waals surface area contributed by atoms with Gasteiger partial charge in [0.1, 0.15) is 11.5 Å². The van der Waals surface area contributed by atoms with Gasteiger partial charge in [-0.25, -0.2) is 0 Å². The first-order chi connectivity index (χ1) is 10.3. The second-order valence-electron chi connectivity index (χ2n) is 4.82. The van der Waals surface area contributed by atoms with E-state index in [1.165, 1.54) is 11.1 Å². The van der Waals surface area contributed by atoms with Gasteiger partial charge < -0.3 is 27.2 Å². The molecule has 0 saturated carbocycles. The average molecular weight is 321 g/mol. The molecule has 0 aromatic heterocycles. The Kier molecular flexibility index (Phi) is 8.41. The molecule has 1 N–H and O–H groups in total. The van der Waals surface area contributed by atoms with Crippen LogP contribution in [0.3, 0.4) is 0 Å². The van der Waals surface area contributed by atoms with Gasteiger partial charge in [-0.1, -0.05) is 30.3 Å². The molecule has 0 amide bonds. The van der Waals surface area contributed by atoms with E-state index >= 15 is 0 Å². The molecule has 22 heavy (non-hydrogen) atoms. The molecule has 2 aromatic rings. The Hall–Kier alpha value is -1.71. The first kappa shape index (κ1) is 18.3. The Morgan fingerprint density at radius 2 is 1.73 bits per heavy atom. The number of rotatable bonds is 8. The first-order valence-corrected chi connectivity index (χ1v) is 7.38. The number of para-hydroxylation sites is 1. The van der Waals surface area contributed by atoms with E-state index in [1.54, 1.807) is 7.11 Å². The summed E-state index contributed by atoms with van der Waals surface area (Å²) in [7, 11) is 1.69. The van der Waals surface area contributed by atoms with E-state index in [9.17, 15) is 0 Å². The summed E-state index contributed by atoms with van der Waals surface area (Å²) >= 11 is 0. The van der Waals surface area contributed by atoms with Gasteiger partial charge in [-0.15, -0.1) is 0 Å². The summed E-state index contributed by atoms with van der Waals surface area (Å²) in [5.74, 6) is 1.87. The van der Waals surface area contributed by atoms with Crippen LogP contribution in [0.15, 0.2) is 48.5 Å². The van der Waals surface area contributed by atoms with Crippen LogP contribution in [-0.4, -0.2) is 20.3 Å². The van der Waals surface area contributed by atoms with Crippen LogP contribution in [0.5, 0.6) is 11.5 Å². The minimum absolute atomic E-state index is 0. The number of hydrogen-bond donors (Lipinski definition) is 1. The van der Waals surface area contributed by atoms with Crippen molar-refractivity contribution in [1.29, 1.82) is 0 Å². The Morgan fingerprint density at radius 3 is 2.41 bits per heavy atom. The lowest BCUT2D eigenvalue weighted by molar-refractivity contribution is -0.00000519. The topological polar surface area (TPSA) is 30.5 Å². The monoisotopic (exact) mass is 320 g/mol. The van der Waals surface area contributed by atoms with Crippen LogP contribution in [0.2, 0.25) is 0 Å². The lowest BCUT2D eigenvalue weighted by Gasteiger charge is -2.11. The third kappa shape index (κ3) is 5.58. The van der Waals surface area contributed by atoms with Gasteiger partial charge in [-0.3, -0.25) is 0 Å². The summed E-state index contributed by atoms with van der Waals surface area (Å²) in [5, 5.41) is 3.47. The quantitative estimate of drug-likeness (QED) is 0.716. The smallest absolute Gasteiger partial charge is 0.123 e. The highest BCUT2D eigenvalue weighted by Gasteiger charge is 2.01. The highest BCUT2D eigenvalue weighted by molar-refractivity contribution is 5.33. The highest BCUT2D eigenvalue weighted by atomic mass is 35.5. The average Bonchev–Trinajstić information content (AvgIpc) is 2.54. The summed E-state index contributed by atoms with van der Waals surface area (Å²) in [6.45, 7) is 4.47. The Bertz CT molecular complexity index is 543. The van der Waals surface area contributed by atoms with Crippen molar-refractivity contribution in [2.24, 2.45) is 0 Å². The molecule has 0 radical (unpaired) electrons. The molecule has 0 heterocycles. The predicted molar refractivity (Wildman–Crippen MR) is 86.0 cm³/mol. The second-order valence-corrected chi connectivity index (χ2v) is 4.82. The van der Waals surface area contributed by atoms with Crippen LogP contribution in [0.25, 0.3) is 0 Å². The number of methoxy groups -OCH3 is 1. The second kappa shape index (κ2) is 10.1. The van der Waals surface area contributed by atoms with E-state index in [0.29, 0.717) is 6.61 Å². The van der Waals surface area contributed by atoms with Gasteiger partial charge in [0.05, 0.1) is 13.7 Å². The molecule has 0 aliphatic heterocycles. The number of nitrogens with one attached hydrogen (secondary N) is 1. The third-order valence-electron chi connectivity index (χ3n) is 3.34. The molecular weight excluding hydrogens is 298 g/mol. The fourth-order valence-electron chi connectivity index (χ4n) is 2.19. The standard InChI is InChI=1S/C18H23NO2.ClH/c1-3-21-18-7-5-4-6-16(18)14-19-13-12-15-8-10-17(20-2)11-9-15;/h4-11,19H,3,12-14H2,1-2H3;1H/p-1. The maximum atomic E-state index is 5.62. The van der Waals surface area contributed by atoms with E-state index in [4.69, 9.17) is 9.47 Å². The van der Waals surface area contributed by atoms with Crippen molar-refractivity contribution in [3.8, 4) is 11.5 Å². The lowest BCUT2D eigenvalue weighted by atomic mass is 10.1. The molecule has 0 aliphatic rings. The summed E-state index contributed by atoms with van der Waals surface area (Å²) in [6.07, 6.45) is 1.00. The van der Waals surface area contributed by atoms with Gasteiger partial charge in [-0.05, 0) is 43.7 Å². The van der Waals surface area contributed by atoms with Gasteiger partial charge in [0.25, 0.3) is 0 Å². The third-order valence-corrected chi connectivity index (χ3v) is 3.34. The Balaban J connectivity index is 0.00000242.